The van der Waals surface area contributed by atoms with E-state index >= 15 is 0 Å². The van der Waals surface area contributed by atoms with Gasteiger partial charge in [-0.1, -0.05) is 59.8 Å². The van der Waals surface area contributed by atoms with Gasteiger partial charge in [0.2, 0.25) is 0 Å². The van der Waals surface area contributed by atoms with Crippen LogP contribution in [0.3, 0.4) is 0 Å². The van der Waals surface area contributed by atoms with Crippen LogP contribution in [-0.4, -0.2) is 16.8 Å². The molecule has 3 aromatic carbocycles. The third-order valence-electron chi connectivity index (χ3n) is 5.19. The Bertz CT molecular complexity index is 1240. The number of aromatic nitrogens is 1. The minimum Gasteiger partial charge on any atom is -0.355 e. The zero-order valence-corrected chi connectivity index (χ0v) is 15.1. The first kappa shape index (κ1) is 16.4. The molecule has 0 aliphatic heterocycles. The topological polar surface area (TPSA) is 72.2 Å². The van der Waals surface area contributed by atoms with Crippen LogP contribution in [0.25, 0.3) is 22.2 Å². The number of rotatable bonds is 3. The molecule has 1 aliphatic rings. The van der Waals surface area contributed by atoms with Crippen molar-refractivity contribution < 1.29 is 14.1 Å². The van der Waals surface area contributed by atoms with E-state index in [1.807, 2.05) is 55.5 Å². The molecule has 1 heterocycles. The summed E-state index contributed by atoms with van der Waals surface area (Å²) in [6.45, 7) is 1.93. The zero-order valence-electron chi connectivity index (χ0n) is 15.1. The van der Waals surface area contributed by atoms with E-state index in [9.17, 15) is 9.59 Å². The van der Waals surface area contributed by atoms with Gasteiger partial charge in [0.1, 0.15) is 5.52 Å². The van der Waals surface area contributed by atoms with Gasteiger partial charge >= 0.3 is 0 Å². The van der Waals surface area contributed by atoms with Crippen molar-refractivity contribution in [2.75, 3.05) is 0 Å². The minimum absolute atomic E-state index is 0.0825. The highest BCUT2D eigenvalue weighted by molar-refractivity contribution is 6.26. The molecule has 0 saturated heterocycles. The van der Waals surface area contributed by atoms with Crippen LogP contribution < -0.4 is 5.32 Å². The number of carbonyl (C=O) groups excluding carboxylic acids is 2. The number of nitrogens with one attached hydrogen (secondary N) is 1. The summed E-state index contributed by atoms with van der Waals surface area (Å²) in [6.07, 6.45) is 0. The molecule has 5 heteroatoms. The van der Waals surface area contributed by atoms with E-state index in [1.165, 1.54) is 0 Å². The van der Waals surface area contributed by atoms with Crippen LogP contribution in [0.4, 0.5) is 0 Å². The van der Waals surface area contributed by atoms with E-state index in [0.29, 0.717) is 38.9 Å². The van der Waals surface area contributed by atoms with Crippen LogP contribution in [0.15, 0.2) is 71.3 Å². The Balaban J connectivity index is 1.58. The van der Waals surface area contributed by atoms with E-state index in [4.69, 9.17) is 4.52 Å². The van der Waals surface area contributed by atoms with Gasteiger partial charge in [-0.05, 0) is 24.6 Å². The minimum atomic E-state index is -0.255. The number of carbonyl (C=O) groups is 2. The number of hydrogen-bond acceptors (Lipinski definition) is 4. The molecule has 0 spiro atoms. The molecule has 1 aromatic heterocycles. The van der Waals surface area contributed by atoms with Crippen molar-refractivity contribution in [2.45, 2.75) is 13.0 Å². The summed E-state index contributed by atoms with van der Waals surface area (Å²) < 4.78 is 5.57. The molecule has 1 aliphatic carbocycles. The van der Waals surface area contributed by atoms with Crippen molar-refractivity contribution in [1.29, 1.82) is 0 Å². The Hall–Kier alpha value is -3.73. The molecule has 28 heavy (non-hydrogen) atoms. The molecule has 1 atom stereocenters. The fourth-order valence-electron chi connectivity index (χ4n) is 3.73. The third kappa shape index (κ3) is 2.36. The lowest BCUT2D eigenvalue weighted by Gasteiger charge is -2.16. The van der Waals surface area contributed by atoms with E-state index in [1.54, 1.807) is 18.2 Å². The van der Waals surface area contributed by atoms with Gasteiger partial charge in [0.05, 0.1) is 17.0 Å². The summed E-state index contributed by atoms with van der Waals surface area (Å²) in [5, 5.41) is 7.73. The lowest BCUT2D eigenvalue weighted by Crippen LogP contribution is -2.27. The maximum absolute atomic E-state index is 12.9. The van der Waals surface area contributed by atoms with Crippen molar-refractivity contribution in [1.82, 2.24) is 10.5 Å². The molecule has 0 radical (unpaired) electrons. The molecule has 0 unspecified atom stereocenters. The molecule has 0 fully saturated rings. The molecular formula is C23H16N2O3. The van der Waals surface area contributed by atoms with Crippen LogP contribution in [0.5, 0.6) is 0 Å². The fraction of sp³-hybridized carbons (Fsp3) is 0.0870. The number of benzene rings is 3. The average Bonchev–Trinajstić information content (AvgIpc) is 3.18. The summed E-state index contributed by atoms with van der Waals surface area (Å²) in [5.74, 6) is 0.195. The number of amides is 1. The molecular weight excluding hydrogens is 352 g/mol. The molecule has 5 nitrogen and oxygen atoms in total. The Kier molecular flexibility index (Phi) is 3.62. The molecule has 0 bridgehead atoms. The van der Waals surface area contributed by atoms with Crippen LogP contribution in [0.1, 0.15) is 44.8 Å². The van der Waals surface area contributed by atoms with Gasteiger partial charge in [-0.15, -0.1) is 0 Å². The zero-order chi connectivity index (χ0) is 19.3. The normalized spacial score (nSPS) is 13.2. The van der Waals surface area contributed by atoms with Gasteiger partial charge in [0, 0.05) is 16.7 Å². The van der Waals surface area contributed by atoms with Crippen molar-refractivity contribution in [3.8, 4) is 11.3 Å². The summed E-state index contributed by atoms with van der Waals surface area (Å²) in [6, 6.07) is 20.2. The summed E-state index contributed by atoms with van der Waals surface area (Å²) >= 11 is 0. The van der Waals surface area contributed by atoms with Crippen LogP contribution >= 0.6 is 0 Å². The fourth-order valence-corrected chi connectivity index (χ4v) is 3.73. The average molecular weight is 368 g/mol. The van der Waals surface area contributed by atoms with Crippen molar-refractivity contribution in [3.63, 3.8) is 0 Å². The Morgan fingerprint density at radius 1 is 0.929 bits per heavy atom. The summed E-state index contributed by atoms with van der Waals surface area (Å²) in [5.41, 5.74) is 3.62. The molecule has 1 N–H and O–H groups in total. The first-order valence-electron chi connectivity index (χ1n) is 9.07. The van der Waals surface area contributed by atoms with Crippen LogP contribution in [0, 0.1) is 0 Å². The lowest BCUT2D eigenvalue weighted by atomic mass is 9.87. The smallest absolute Gasteiger partial charge is 0.254 e. The predicted molar refractivity (Wildman–Crippen MR) is 105 cm³/mol. The highest BCUT2D eigenvalue weighted by Crippen LogP contribution is 2.40. The van der Waals surface area contributed by atoms with E-state index in [0.717, 1.165) is 5.56 Å². The molecule has 4 aromatic rings. The number of fused-ring (bicyclic) bond motifs is 2. The maximum atomic E-state index is 12.9. The van der Waals surface area contributed by atoms with Crippen molar-refractivity contribution in [3.05, 3.63) is 89.0 Å². The van der Waals surface area contributed by atoms with Gasteiger partial charge in [-0.3, -0.25) is 9.59 Å². The Labute approximate surface area is 161 Å². The second-order valence-electron chi connectivity index (χ2n) is 6.88. The van der Waals surface area contributed by atoms with E-state index in [-0.39, 0.29) is 17.7 Å². The van der Waals surface area contributed by atoms with Crippen molar-refractivity contribution >= 4 is 22.6 Å². The monoisotopic (exact) mass is 368 g/mol. The van der Waals surface area contributed by atoms with Gasteiger partial charge in [-0.2, -0.15) is 0 Å². The van der Waals surface area contributed by atoms with Gasteiger partial charge in [0.25, 0.3) is 5.91 Å². The summed E-state index contributed by atoms with van der Waals surface area (Å²) in [7, 11) is 0. The lowest BCUT2D eigenvalue weighted by molar-refractivity contribution is 0.0940. The van der Waals surface area contributed by atoms with Crippen molar-refractivity contribution in [2.24, 2.45) is 0 Å². The predicted octanol–water partition coefficient (Wildman–Crippen LogP) is 4.53. The number of nitrogens with zero attached hydrogens (tertiary/aromatic N) is 1. The Morgan fingerprint density at radius 3 is 2.43 bits per heavy atom. The number of hydrogen-bond donors (Lipinski definition) is 1. The third-order valence-corrected chi connectivity index (χ3v) is 5.19. The molecule has 0 saturated carbocycles. The van der Waals surface area contributed by atoms with Crippen LogP contribution in [-0.2, 0) is 0 Å². The first-order chi connectivity index (χ1) is 13.6. The number of ketones is 1. The highest BCUT2D eigenvalue weighted by Gasteiger charge is 2.31. The van der Waals surface area contributed by atoms with Gasteiger partial charge in [0.15, 0.2) is 11.5 Å². The highest BCUT2D eigenvalue weighted by atomic mass is 16.5. The molecule has 136 valence electrons. The van der Waals surface area contributed by atoms with E-state index < -0.39 is 0 Å². The standard InChI is InChI=1S/C23H16N2O3/c1-13(14-7-3-2-4-8-14)24-23(27)18-12-11-17-19-20(18)25-28-22(19)16-10-6-5-9-15(16)21(17)26/h2-13H,1H3,(H,24,27)/t13-/m0/s1. The van der Waals surface area contributed by atoms with Crippen LogP contribution in [0.2, 0.25) is 0 Å². The second kappa shape index (κ2) is 6.16. The SMILES string of the molecule is C[C@H](NC(=O)c1ccc2c3c(onc13)-c1ccccc1C2=O)c1ccccc1. The first-order valence-corrected chi connectivity index (χ1v) is 9.07. The second-order valence-corrected chi connectivity index (χ2v) is 6.88. The largest absolute Gasteiger partial charge is 0.355 e. The molecule has 1 amide bonds. The summed E-state index contributed by atoms with van der Waals surface area (Å²) in [4.78, 5) is 25.8. The van der Waals surface area contributed by atoms with E-state index in [2.05, 4.69) is 10.5 Å². The van der Waals surface area contributed by atoms with Gasteiger partial charge in [-0.25, -0.2) is 0 Å². The maximum Gasteiger partial charge on any atom is 0.254 e. The Morgan fingerprint density at radius 2 is 1.64 bits per heavy atom. The molecule has 5 rings (SSSR count). The van der Waals surface area contributed by atoms with Gasteiger partial charge < -0.3 is 9.84 Å². The quantitative estimate of drug-likeness (QED) is 0.508.